The molecule has 0 bridgehead atoms. The molecule has 0 amide bonds. The summed E-state index contributed by atoms with van der Waals surface area (Å²) < 4.78 is 7.10. The topological polar surface area (TPSA) is 21.3 Å². The van der Waals surface area contributed by atoms with Gasteiger partial charge < -0.3 is 10.1 Å². The minimum Gasteiger partial charge on any atom is -0.493 e. The molecule has 1 N–H and O–H groups in total. The number of rotatable bonds is 5. The number of hydrogen-bond acceptors (Lipinski definition) is 2. The Balaban J connectivity index is 1.98. The lowest BCUT2D eigenvalue weighted by Gasteiger charge is -2.14. The Morgan fingerprint density at radius 3 is 3.06 bits per heavy atom. The van der Waals surface area contributed by atoms with E-state index in [2.05, 4.69) is 46.4 Å². The highest BCUT2D eigenvalue weighted by molar-refractivity contribution is 9.10. The fraction of sp³-hybridized carbons (Fsp3) is 0.571. The molecule has 1 fully saturated rings. The van der Waals surface area contributed by atoms with E-state index < -0.39 is 0 Å². The van der Waals surface area contributed by atoms with Gasteiger partial charge in [0.05, 0.1) is 6.61 Å². The van der Waals surface area contributed by atoms with E-state index in [1.54, 1.807) is 0 Å². The average molecular weight is 298 g/mol. The van der Waals surface area contributed by atoms with Crippen LogP contribution in [0.15, 0.2) is 22.7 Å². The molecule has 2 rings (SSSR count). The zero-order valence-corrected chi connectivity index (χ0v) is 11.9. The molecule has 3 heteroatoms. The Kier molecular flexibility index (Phi) is 4.86. The molecular weight excluding hydrogens is 278 g/mol. The molecule has 2 nitrogen and oxygen atoms in total. The maximum absolute atomic E-state index is 5.97. The summed E-state index contributed by atoms with van der Waals surface area (Å²) in [4.78, 5) is 0. The number of nitrogens with one attached hydrogen (secondary N) is 1. The van der Waals surface area contributed by atoms with E-state index in [4.69, 9.17) is 4.74 Å². The highest BCUT2D eigenvalue weighted by atomic mass is 79.9. The van der Waals surface area contributed by atoms with Crippen LogP contribution in [0.4, 0.5) is 0 Å². The molecule has 17 heavy (non-hydrogen) atoms. The maximum Gasteiger partial charge on any atom is 0.122 e. The molecule has 0 radical (unpaired) electrons. The van der Waals surface area contributed by atoms with E-state index in [-0.39, 0.29) is 0 Å². The predicted molar refractivity (Wildman–Crippen MR) is 74.6 cm³/mol. The SMILES string of the molecule is CCCc1cc(Br)ccc1OCC1CCNC1. The van der Waals surface area contributed by atoms with Crippen LogP contribution in [0.5, 0.6) is 5.75 Å². The molecule has 1 atom stereocenters. The predicted octanol–water partition coefficient (Wildman–Crippen LogP) is 3.39. The van der Waals surface area contributed by atoms with Gasteiger partial charge in [-0.05, 0) is 43.1 Å². The van der Waals surface area contributed by atoms with Gasteiger partial charge in [0.15, 0.2) is 0 Å². The van der Waals surface area contributed by atoms with Gasteiger partial charge in [0.2, 0.25) is 0 Å². The first-order valence-corrected chi connectivity index (χ1v) is 7.21. The van der Waals surface area contributed by atoms with Crippen LogP contribution in [-0.2, 0) is 6.42 Å². The van der Waals surface area contributed by atoms with E-state index in [0.29, 0.717) is 5.92 Å². The first-order chi connectivity index (χ1) is 8.29. The number of benzene rings is 1. The molecule has 1 aliphatic rings. The van der Waals surface area contributed by atoms with Gasteiger partial charge in [-0.25, -0.2) is 0 Å². The van der Waals surface area contributed by atoms with Gasteiger partial charge in [-0.15, -0.1) is 0 Å². The molecule has 94 valence electrons. The van der Waals surface area contributed by atoms with E-state index in [0.717, 1.165) is 42.8 Å². The van der Waals surface area contributed by atoms with Gasteiger partial charge in [-0.1, -0.05) is 29.3 Å². The number of hydrogen-bond donors (Lipinski definition) is 1. The second kappa shape index (κ2) is 6.41. The normalized spacial score (nSPS) is 19.5. The highest BCUT2D eigenvalue weighted by Gasteiger charge is 2.15. The third-order valence-corrected chi connectivity index (χ3v) is 3.67. The molecule has 1 unspecified atom stereocenters. The molecule has 0 aromatic heterocycles. The van der Waals surface area contributed by atoms with Gasteiger partial charge in [-0.2, -0.15) is 0 Å². The summed E-state index contributed by atoms with van der Waals surface area (Å²) >= 11 is 3.52. The summed E-state index contributed by atoms with van der Waals surface area (Å²) in [6, 6.07) is 6.31. The summed E-state index contributed by atoms with van der Waals surface area (Å²) in [6.45, 7) is 5.27. The van der Waals surface area contributed by atoms with Crippen molar-refractivity contribution in [3.8, 4) is 5.75 Å². The largest absolute Gasteiger partial charge is 0.493 e. The van der Waals surface area contributed by atoms with Crippen molar-refractivity contribution in [2.24, 2.45) is 5.92 Å². The van der Waals surface area contributed by atoms with Crippen molar-refractivity contribution in [2.45, 2.75) is 26.2 Å². The van der Waals surface area contributed by atoms with Gasteiger partial charge in [0.1, 0.15) is 5.75 Å². The van der Waals surface area contributed by atoms with Gasteiger partial charge >= 0.3 is 0 Å². The minimum absolute atomic E-state index is 0.674. The van der Waals surface area contributed by atoms with E-state index in [9.17, 15) is 0 Å². The zero-order chi connectivity index (χ0) is 12.1. The molecule has 0 aliphatic carbocycles. The fourth-order valence-corrected chi connectivity index (χ4v) is 2.63. The van der Waals surface area contributed by atoms with Crippen LogP contribution in [0.2, 0.25) is 0 Å². The van der Waals surface area contributed by atoms with Crippen LogP contribution in [0, 0.1) is 5.92 Å². The van der Waals surface area contributed by atoms with Crippen molar-refractivity contribution in [1.29, 1.82) is 0 Å². The third-order valence-electron chi connectivity index (χ3n) is 3.18. The lowest BCUT2D eigenvalue weighted by atomic mass is 10.1. The second-order valence-corrected chi connectivity index (χ2v) is 5.59. The summed E-state index contributed by atoms with van der Waals surface area (Å²) in [7, 11) is 0. The molecule has 1 saturated heterocycles. The lowest BCUT2D eigenvalue weighted by Crippen LogP contribution is -2.16. The summed E-state index contributed by atoms with van der Waals surface area (Å²) in [5.41, 5.74) is 1.31. The first kappa shape index (κ1) is 12.9. The maximum atomic E-state index is 5.97. The molecule has 0 spiro atoms. The summed E-state index contributed by atoms with van der Waals surface area (Å²) in [6.07, 6.45) is 3.47. The smallest absolute Gasteiger partial charge is 0.122 e. The minimum atomic E-state index is 0.674. The lowest BCUT2D eigenvalue weighted by molar-refractivity contribution is 0.257. The van der Waals surface area contributed by atoms with E-state index in [1.165, 1.54) is 12.0 Å². The molecule has 1 heterocycles. The van der Waals surface area contributed by atoms with Crippen molar-refractivity contribution < 1.29 is 4.74 Å². The highest BCUT2D eigenvalue weighted by Crippen LogP contribution is 2.25. The van der Waals surface area contributed by atoms with Crippen LogP contribution in [-0.4, -0.2) is 19.7 Å². The molecule has 1 aromatic carbocycles. The number of ether oxygens (including phenoxy) is 1. The zero-order valence-electron chi connectivity index (χ0n) is 10.3. The van der Waals surface area contributed by atoms with Crippen molar-refractivity contribution in [2.75, 3.05) is 19.7 Å². The first-order valence-electron chi connectivity index (χ1n) is 6.41. The van der Waals surface area contributed by atoms with Crippen molar-refractivity contribution in [1.82, 2.24) is 5.32 Å². The van der Waals surface area contributed by atoms with E-state index in [1.807, 2.05) is 0 Å². The number of aryl methyl sites for hydroxylation is 1. The van der Waals surface area contributed by atoms with Crippen molar-refractivity contribution in [3.63, 3.8) is 0 Å². The Hall–Kier alpha value is -0.540. The third kappa shape index (κ3) is 3.71. The quantitative estimate of drug-likeness (QED) is 0.899. The van der Waals surface area contributed by atoms with Crippen LogP contribution in [0.1, 0.15) is 25.3 Å². The standard InChI is InChI=1S/C14H20BrNO/c1-2-3-12-8-13(15)4-5-14(12)17-10-11-6-7-16-9-11/h4-5,8,11,16H,2-3,6-7,9-10H2,1H3. The molecular formula is C14H20BrNO. The summed E-state index contributed by atoms with van der Waals surface area (Å²) in [5, 5.41) is 3.37. The van der Waals surface area contributed by atoms with Crippen molar-refractivity contribution >= 4 is 15.9 Å². The van der Waals surface area contributed by atoms with Crippen LogP contribution < -0.4 is 10.1 Å². The Morgan fingerprint density at radius 2 is 2.35 bits per heavy atom. The van der Waals surface area contributed by atoms with Crippen LogP contribution >= 0.6 is 15.9 Å². The van der Waals surface area contributed by atoms with Gasteiger partial charge in [0, 0.05) is 16.9 Å². The Morgan fingerprint density at radius 1 is 1.47 bits per heavy atom. The van der Waals surface area contributed by atoms with E-state index >= 15 is 0 Å². The second-order valence-electron chi connectivity index (χ2n) is 4.67. The van der Waals surface area contributed by atoms with Crippen LogP contribution in [0.3, 0.4) is 0 Å². The molecule has 0 saturated carbocycles. The van der Waals surface area contributed by atoms with Gasteiger partial charge in [0.25, 0.3) is 0 Å². The summed E-state index contributed by atoms with van der Waals surface area (Å²) in [5.74, 6) is 1.73. The Labute approximate surface area is 112 Å². The van der Waals surface area contributed by atoms with Gasteiger partial charge in [-0.3, -0.25) is 0 Å². The Bertz CT molecular complexity index is 361. The number of halogens is 1. The fourth-order valence-electron chi connectivity index (χ4n) is 2.22. The van der Waals surface area contributed by atoms with Crippen molar-refractivity contribution in [3.05, 3.63) is 28.2 Å². The van der Waals surface area contributed by atoms with Crippen LogP contribution in [0.25, 0.3) is 0 Å². The molecule has 1 aromatic rings. The molecule has 1 aliphatic heterocycles. The average Bonchev–Trinajstić information content (AvgIpc) is 2.81. The monoisotopic (exact) mass is 297 g/mol.